The van der Waals surface area contributed by atoms with Gasteiger partial charge in [-0.05, 0) is 54.3 Å². The van der Waals surface area contributed by atoms with E-state index in [2.05, 4.69) is 25.1 Å². The molecule has 0 bridgehead atoms. The fourth-order valence-electron chi connectivity index (χ4n) is 1.89. The number of nitrogens with two attached hydrogens (primary N) is 1. The Morgan fingerprint density at radius 2 is 1.95 bits per heavy atom. The summed E-state index contributed by atoms with van der Waals surface area (Å²) in [5.74, 6) is 1.37. The van der Waals surface area contributed by atoms with Gasteiger partial charge < -0.3 is 15.0 Å². The smallest absolute Gasteiger partial charge is 0.267 e. The molecule has 0 saturated carbocycles. The summed E-state index contributed by atoms with van der Waals surface area (Å²) in [6.07, 6.45) is -0.413. The molecule has 1 aromatic carbocycles. The maximum atomic E-state index is 5.81. The first-order valence-corrected chi connectivity index (χ1v) is 6.70. The number of anilines is 1. The van der Waals surface area contributed by atoms with E-state index >= 15 is 0 Å². The minimum atomic E-state index is -0.413. The van der Waals surface area contributed by atoms with E-state index in [4.69, 9.17) is 15.0 Å². The molecule has 0 aliphatic heterocycles. The molecule has 0 spiro atoms. The molecule has 0 aliphatic carbocycles. The van der Waals surface area contributed by atoms with Gasteiger partial charge in [0, 0.05) is 0 Å². The minimum absolute atomic E-state index is 0.107. The molecule has 0 amide bonds. The zero-order chi connectivity index (χ0) is 15.7. The lowest BCUT2D eigenvalue weighted by Gasteiger charge is -2.12. The molecule has 2 aromatic heterocycles. The molecule has 22 heavy (non-hydrogen) atoms. The molecular formula is C14H15N5O3. The van der Waals surface area contributed by atoms with E-state index in [9.17, 15) is 0 Å². The molecule has 8 nitrogen and oxygen atoms in total. The Morgan fingerprint density at radius 1 is 1.14 bits per heavy atom. The predicted molar refractivity (Wildman–Crippen MR) is 77.0 cm³/mol. The molecular weight excluding hydrogens is 286 g/mol. The average Bonchev–Trinajstić information content (AvgIpc) is 3.11. The van der Waals surface area contributed by atoms with Gasteiger partial charge in [0.2, 0.25) is 5.82 Å². The number of benzene rings is 1. The second-order valence-electron chi connectivity index (χ2n) is 4.96. The first-order chi connectivity index (χ1) is 10.5. The van der Waals surface area contributed by atoms with Crippen LogP contribution in [0.15, 0.2) is 27.4 Å². The van der Waals surface area contributed by atoms with E-state index in [1.54, 1.807) is 0 Å². The normalized spacial score (nSPS) is 12.3. The molecule has 1 atom stereocenters. The van der Waals surface area contributed by atoms with Crippen LogP contribution in [0.5, 0.6) is 5.75 Å². The minimum Gasteiger partial charge on any atom is -0.481 e. The summed E-state index contributed by atoms with van der Waals surface area (Å²) in [5, 5.41) is 10.9. The van der Waals surface area contributed by atoms with Gasteiger partial charge in [0.25, 0.3) is 5.89 Å². The fourth-order valence-corrected chi connectivity index (χ4v) is 1.89. The molecule has 0 fully saturated rings. The lowest BCUT2D eigenvalue weighted by Crippen LogP contribution is -2.04. The average molecular weight is 301 g/mol. The Labute approximate surface area is 126 Å². The second-order valence-corrected chi connectivity index (χ2v) is 4.96. The zero-order valence-electron chi connectivity index (χ0n) is 12.4. The first kappa shape index (κ1) is 14.1. The standard InChI is InChI=1S/C14H15N5O3/c1-7-4-5-10(6-8(7)2)20-9(3)14-16-13(19-21-14)11-12(15)18-22-17-11/h4-6,9H,1-3H3,(H2,15,18). The third-order valence-electron chi connectivity index (χ3n) is 3.31. The Kier molecular flexibility index (Phi) is 3.50. The molecule has 2 heterocycles. The van der Waals surface area contributed by atoms with E-state index in [0.717, 1.165) is 11.3 Å². The molecule has 0 radical (unpaired) electrons. The number of aromatic nitrogens is 4. The number of rotatable bonds is 4. The quantitative estimate of drug-likeness (QED) is 0.781. The molecule has 0 saturated heterocycles. The van der Waals surface area contributed by atoms with Gasteiger partial charge in [-0.15, -0.1) is 0 Å². The van der Waals surface area contributed by atoms with Crippen molar-refractivity contribution in [3.8, 4) is 17.3 Å². The highest BCUT2D eigenvalue weighted by Gasteiger charge is 2.20. The molecule has 2 N–H and O–H groups in total. The summed E-state index contributed by atoms with van der Waals surface area (Å²) in [7, 11) is 0. The maximum absolute atomic E-state index is 5.81. The largest absolute Gasteiger partial charge is 0.481 e. The first-order valence-electron chi connectivity index (χ1n) is 6.70. The summed E-state index contributed by atoms with van der Waals surface area (Å²) in [5.41, 5.74) is 8.19. The van der Waals surface area contributed by atoms with Crippen LogP contribution in [0.2, 0.25) is 0 Å². The van der Waals surface area contributed by atoms with E-state index in [1.807, 2.05) is 39.0 Å². The summed E-state index contributed by atoms with van der Waals surface area (Å²) in [6, 6.07) is 5.86. The summed E-state index contributed by atoms with van der Waals surface area (Å²) < 4.78 is 15.5. The molecule has 114 valence electrons. The highest BCUT2D eigenvalue weighted by atomic mass is 16.6. The van der Waals surface area contributed by atoms with Crippen LogP contribution in [-0.2, 0) is 0 Å². The Bertz CT molecular complexity index is 795. The Morgan fingerprint density at radius 3 is 2.64 bits per heavy atom. The topological polar surface area (TPSA) is 113 Å². The van der Waals surface area contributed by atoms with Gasteiger partial charge >= 0.3 is 0 Å². The summed E-state index contributed by atoms with van der Waals surface area (Å²) in [4.78, 5) is 4.20. The van der Waals surface area contributed by atoms with E-state index in [-0.39, 0.29) is 17.3 Å². The lowest BCUT2D eigenvalue weighted by molar-refractivity contribution is 0.175. The Balaban J connectivity index is 1.78. The van der Waals surface area contributed by atoms with Crippen molar-refractivity contribution in [1.82, 2.24) is 20.5 Å². The van der Waals surface area contributed by atoms with E-state index in [0.29, 0.717) is 5.89 Å². The van der Waals surface area contributed by atoms with Gasteiger partial charge in [0.1, 0.15) is 5.75 Å². The van der Waals surface area contributed by atoms with Crippen molar-refractivity contribution in [2.45, 2.75) is 26.9 Å². The maximum Gasteiger partial charge on any atom is 0.267 e. The number of hydrogen-bond donors (Lipinski definition) is 1. The lowest BCUT2D eigenvalue weighted by atomic mass is 10.1. The van der Waals surface area contributed by atoms with Crippen molar-refractivity contribution in [2.24, 2.45) is 0 Å². The van der Waals surface area contributed by atoms with Crippen LogP contribution in [0.4, 0.5) is 5.82 Å². The molecule has 1 unspecified atom stereocenters. The highest BCUT2D eigenvalue weighted by molar-refractivity contribution is 5.61. The van der Waals surface area contributed by atoms with Gasteiger partial charge in [0.05, 0.1) is 0 Å². The van der Waals surface area contributed by atoms with Crippen molar-refractivity contribution in [3.05, 3.63) is 35.2 Å². The SMILES string of the molecule is Cc1ccc(OC(C)c2nc(-c3nonc3N)no2)cc1C. The van der Waals surface area contributed by atoms with Crippen LogP contribution in [0.25, 0.3) is 11.5 Å². The van der Waals surface area contributed by atoms with E-state index in [1.165, 1.54) is 5.56 Å². The van der Waals surface area contributed by atoms with Crippen molar-refractivity contribution >= 4 is 5.82 Å². The van der Waals surface area contributed by atoms with Crippen molar-refractivity contribution in [1.29, 1.82) is 0 Å². The molecule has 3 rings (SSSR count). The zero-order valence-corrected chi connectivity index (χ0v) is 12.4. The number of ether oxygens (including phenoxy) is 1. The molecule has 8 heteroatoms. The Hall–Kier alpha value is -2.90. The molecule has 3 aromatic rings. The van der Waals surface area contributed by atoms with Crippen molar-refractivity contribution < 1.29 is 13.9 Å². The van der Waals surface area contributed by atoms with Crippen LogP contribution < -0.4 is 10.5 Å². The predicted octanol–water partition coefficient (Wildman–Crippen LogP) is 2.46. The van der Waals surface area contributed by atoms with Crippen LogP contribution in [0, 0.1) is 13.8 Å². The second kappa shape index (κ2) is 5.47. The third kappa shape index (κ3) is 2.62. The van der Waals surface area contributed by atoms with Crippen LogP contribution >= 0.6 is 0 Å². The monoisotopic (exact) mass is 301 g/mol. The van der Waals surface area contributed by atoms with Gasteiger partial charge in [-0.1, -0.05) is 11.2 Å². The van der Waals surface area contributed by atoms with Crippen LogP contribution in [-0.4, -0.2) is 20.5 Å². The van der Waals surface area contributed by atoms with Crippen molar-refractivity contribution in [3.63, 3.8) is 0 Å². The van der Waals surface area contributed by atoms with Gasteiger partial charge in [-0.25, -0.2) is 4.63 Å². The van der Waals surface area contributed by atoms with Crippen LogP contribution in [0.1, 0.15) is 30.0 Å². The molecule has 0 aliphatic rings. The highest BCUT2D eigenvalue weighted by Crippen LogP contribution is 2.25. The number of nitrogen functional groups attached to an aromatic ring is 1. The third-order valence-corrected chi connectivity index (χ3v) is 3.31. The number of aryl methyl sites for hydroxylation is 2. The fraction of sp³-hybridized carbons (Fsp3) is 0.286. The van der Waals surface area contributed by atoms with Gasteiger partial charge in [0.15, 0.2) is 17.6 Å². The van der Waals surface area contributed by atoms with Gasteiger partial charge in [-0.3, -0.25) is 0 Å². The van der Waals surface area contributed by atoms with Crippen LogP contribution in [0.3, 0.4) is 0 Å². The number of nitrogens with zero attached hydrogens (tertiary/aromatic N) is 4. The van der Waals surface area contributed by atoms with E-state index < -0.39 is 6.10 Å². The van der Waals surface area contributed by atoms with Gasteiger partial charge in [-0.2, -0.15) is 4.98 Å². The van der Waals surface area contributed by atoms with Crippen molar-refractivity contribution in [2.75, 3.05) is 5.73 Å². The summed E-state index contributed by atoms with van der Waals surface area (Å²) in [6.45, 7) is 5.89. The summed E-state index contributed by atoms with van der Waals surface area (Å²) >= 11 is 0. The number of hydrogen-bond acceptors (Lipinski definition) is 8.